The van der Waals surface area contributed by atoms with Gasteiger partial charge < -0.3 is 0 Å². The molecule has 0 bridgehead atoms. The first-order valence-corrected chi connectivity index (χ1v) is 9.25. The van der Waals surface area contributed by atoms with Crippen LogP contribution in [0.25, 0.3) is 0 Å². The topological polar surface area (TPSA) is 68.1 Å². The summed E-state index contributed by atoms with van der Waals surface area (Å²) in [5.74, 6) is 0. The van der Waals surface area contributed by atoms with Gasteiger partial charge in [0.05, 0.1) is 10.9 Å². The highest BCUT2D eigenvalue weighted by atomic mass is 32.2. The molecular weight excluding hydrogens is 312 g/mol. The van der Waals surface area contributed by atoms with Crippen LogP contribution in [0.3, 0.4) is 0 Å². The van der Waals surface area contributed by atoms with Gasteiger partial charge in [0, 0.05) is 13.1 Å². The molecular formula is C16H22N4O2S. The summed E-state index contributed by atoms with van der Waals surface area (Å²) < 4.78 is 29.5. The third-order valence-electron chi connectivity index (χ3n) is 4.44. The Morgan fingerprint density at radius 1 is 1.09 bits per heavy atom. The van der Waals surface area contributed by atoms with Crippen LogP contribution >= 0.6 is 0 Å². The van der Waals surface area contributed by atoms with Crippen LogP contribution in [-0.4, -0.2) is 40.6 Å². The van der Waals surface area contributed by atoms with E-state index >= 15 is 0 Å². The van der Waals surface area contributed by atoms with E-state index in [0.29, 0.717) is 18.0 Å². The van der Waals surface area contributed by atoms with Crippen molar-refractivity contribution in [1.82, 2.24) is 19.1 Å². The lowest BCUT2D eigenvalue weighted by atomic mass is 10.1. The minimum Gasteiger partial charge on any atom is -0.250 e. The second-order valence-electron chi connectivity index (χ2n) is 6.24. The van der Waals surface area contributed by atoms with Crippen molar-refractivity contribution in [2.24, 2.45) is 0 Å². The van der Waals surface area contributed by atoms with E-state index in [-0.39, 0.29) is 6.04 Å². The van der Waals surface area contributed by atoms with Crippen molar-refractivity contribution in [3.63, 3.8) is 0 Å². The first kappa shape index (κ1) is 16.1. The summed E-state index contributed by atoms with van der Waals surface area (Å²) in [5, 5.41) is 4.16. The highest BCUT2D eigenvalue weighted by molar-refractivity contribution is 7.89. The SMILES string of the molecule is Cc1cc(C)c(S(=O)(=O)N2CCC(n3cncn3)CC2)c(C)c1. The fraction of sp³-hybridized carbons (Fsp3) is 0.500. The molecule has 6 nitrogen and oxygen atoms in total. The number of sulfonamides is 1. The average Bonchev–Trinajstić information content (AvgIpc) is 3.00. The number of piperidine rings is 1. The van der Waals surface area contributed by atoms with Crippen molar-refractivity contribution in [2.45, 2.75) is 44.6 Å². The van der Waals surface area contributed by atoms with Crippen LogP contribution in [0.4, 0.5) is 0 Å². The maximum absolute atomic E-state index is 13.0. The second kappa shape index (κ2) is 6.05. The average molecular weight is 334 g/mol. The lowest BCUT2D eigenvalue weighted by Gasteiger charge is -2.31. The van der Waals surface area contributed by atoms with Crippen LogP contribution in [0.1, 0.15) is 35.6 Å². The van der Waals surface area contributed by atoms with Gasteiger partial charge in [0.15, 0.2) is 0 Å². The minimum absolute atomic E-state index is 0.226. The van der Waals surface area contributed by atoms with Gasteiger partial charge >= 0.3 is 0 Å². The van der Waals surface area contributed by atoms with Crippen molar-refractivity contribution in [3.05, 3.63) is 41.5 Å². The summed E-state index contributed by atoms with van der Waals surface area (Å²) in [6.07, 6.45) is 4.73. The summed E-state index contributed by atoms with van der Waals surface area (Å²) in [5.41, 5.74) is 2.73. The Labute approximate surface area is 137 Å². The van der Waals surface area contributed by atoms with Crippen molar-refractivity contribution in [3.8, 4) is 0 Å². The molecule has 23 heavy (non-hydrogen) atoms. The molecule has 1 saturated heterocycles. The largest absolute Gasteiger partial charge is 0.250 e. The van der Waals surface area contributed by atoms with Gasteiger partial charge in [0.1, 0.15) is 12.7 Å². The third-order valence-corrected chi connectivity index (χ3v) is 6.64. The van der Waals surface area contributed by atoms with E-state index < -0.39 is 10.0 Å². The van der Waals surface area contributed by atoms with Crippen molar-refractivity contribution in [1.29, 1.82) is 0 Å². The highest BCUT2D eigenvalue weighted by Crippen LogP contribution is 2.29. The molecule has 0 N–H and O–H groups in total. The van der Waals surface area contributed by atoms with Gasteiger partial charge in [0.25, 0.3) is 0 Å². The van der Waals surface area contributed by atoms with Gasteiger partial charge in [0.2, 0.25) is 10.0 Å². The van der Waals surface area contributed by atoms with E-state index in [1.807, 2.05) is 37.6 Å². The zero-order valence-corrected chi connectivity index (χ0v) is 14.5. The first-order valence-electron chi connectivity index (χ1n) is 7.81. The molecule has 0 aliphatic carbocycles. The van der Waals surface area contributed by atoms with E-state index in [9.17, 15) is 8.42 Å². The maximum Gasteiger partial charge on any atom is 0.243 e. The zero-order valence-electron chi connectivity index (χ0n) is 13.7. The molecule has 0 unspecified atom stereocenters. The van der Waals surface area contributed by atoms with Crippen molar-refractivity contribution >= 4 is 10.0 Å². The molecule has 7 heteroatoms. The highest BCUT2D eigenvalue weighted by Gasteiger charge is 2.32. The molecule has 1 aliphatic heterocycles. The molecule has 124 valence electrons. The number of hydrogen-bond donors (Lipinski definition) is 0. The molecule has 1 aromatic carbocycles. The van der Waals surface area contributed by atoms with Gasteiger partial charge in [-0.2, -0.15) is 9.40 Å². The Hall–Kier alpha value is -1.73. The molecule has 0 atom stereocenters. The summed E-state index contributed by atoms with van der Waals surface area (Å²) in [6.45, 7) is 6.75. The number of benzene rings is 1. The Morgan fingerprint density at radius 2 is 1.70 bits per heavy atom. The van der Waals surface area contributed by atoms with Gasteiger partial charge in [-0.25, -0.2) is 18.1 Å². The Balaban J connectivity index is 1.82. The monoisotopic (exact) mass is 334 g/mol. The summed E-state index contributed by atoms with van der Waals surface area (Å²) in [6, 6.07) is 4.09. The van der Waals surface area contributed by atoms with E-state index in [2.05, 4.69) is 10.1 Å². The normalized spacial score (nSPS) is 17.5. The van der Waals surface area contributed by atoms with Crippen LogP contribution < -0.4 is 0 Å². The molecule has 3 rings (SSSR count). The molecule has 1 aliphatic rings. The second-order valence-corrected chi connectivity index (χ2v) is 8.11. The van der Waals surface area contributed by atoms with Gasteiger partial charge in [-0.15, -0.1) is 0 Å². The lowest BCUT2D eigenvalue weighted by molar-refractivity contribution is 0.260. The molecule has 0 radical (unpaired) electrons. The van der Waals surface area contributed by atoms with Crippen LogP contribution in [0.15, 0.2) is 29.7 Å². The Kier molecular flexibility index (Phi) is 4.25. The number of nitrogens with zero attached hydrogens (tertiary/aromatic N) is 4. The van der Waals surface area contributed by atoms with E-state index in [0.717, 1.165) is 29.5 Å². The number of rotatable bonds is 3. The zero-order chi connectivity index (χ0) is 16.6. The predicted molar refractivity (Wildman–Crippen MR) is 87.7 cm³/mol. The standard InChI is InChI=1S/C16H22N4O2S/c1-12-8-13(2)16(14(3)9-12)23(21,22)19-6-4-15(5-7-19)20-11-17-10-18-20/h8-11,15H,4-7H2,1-3H3. The Bertz CT molecular complexity index is 768. The predicted octanol–water partition coefficient (Wildman–Crippen LogP) is 2.23. The van der Waals surface area contributed by atoms with Crippen LogP contribution in [-0.2, 0) is 10.0 Å². The minimum atomic E-state index is -3.44. The number of aryl methyl sites for hydroxylation is 3. The third kappa shape index (κ3) is 3.03. The lowest BCUT2D eigenvalue weighted by Crippen LogP contribution is -2.39. The molecule has 0 saturated carbocycles. The fourth-order valence-electron chi connectivity index (χ4n) is 3.46. The van der Waals surface area contributed by atoms with Gasteiger partial charge in [-0.3, -0.25) is 0 Å². The summed E-state index contributed by atoms with van der Waals surface area (Å²) >= 11 is 0. The molecule has 2 aromatic rings. The Morgan fingerprint density at radius 3 is 2.22 bits per heavy atom. The van der Waals surface area contributed by atoms with Crippen LogP contribution in [0, 0.1) is 20.8 Å². The maximum atomic E-state index is 13.0. The van der Waals surface area contributed by atoms with Crippen LogP contribution in [0.2, 0.25) is 0 Å². The molecule has 1 fully saturated rings. The summed E-state index contributed by atoms with van der Waals surface area (Å²) in [4.78, 5) is 4.42. The molecule has 0 amide bonds. The quantitative estimate of drug-likeness (QED) is 0.863. The van der Waals surface area contributed by atoms with Crippen LogP contribution in [0.5, 0.6) is 0 Å². The van der Waals surface area contributed by atoms with E-state index in [1.54, 1.807) is 10.6 Å². The number of hydrogen-bond acceptors (Lipinski definition) is 4. The number of aromatic nitrogens is 3. The molecule has 1 aromatic heterocycles. The molecule has 2 heterocycles. The first-order chi connectivity index (χ1) is 10.9. The smallest absolute Gasteiger partial charge is 0.243 e. The van der Waals surface area contributed by atoms with Crippen molar-refractivity contribution < 1.29 is 8.42 Å². The fourth-order valence-corrected chi connectivity index (χ4v) is 5.34. The van der Waals surface area contributed by atoms with Crippen molar-refractivity contribution in [2.75, 3.05) is 13.1 Å². The molecule has 0 spiro atoms. The van der Waals surface area contributed by atoms with Gasteiger partial charge in [-0.05, 0) is 44.7 Å². The van der Waals surface area contributed by atoms with Gasteiger partial charge in [-0.1, -0.05) is 17.7 Å². The summed E-state index contributed by atoms with van der Waals surface area (Å²) in [7, 11) is -3.44. The van der Waals surface area contributed by atoms with E-state index in [1.165, 1.54) is 6.33 Å². The van der Waals surface area contributed by atoms with E-state index in [4.69, 9.17) is 0 Å².